The van der Waals surface area contributed by atoms with Gasteiger partial charge in [0.2, 0.25) is 0 Å². The number of methoxy groups -OCH3 is 1. The molecule has 0 bridgehead atoms. The number of ether oxygens (including phenoxy) is 1. The molecule has 1 aromatic carbocycles. The molecule has 0 amide bonds. The quantitative estimate of drug-likeness (QED) is 0.747. The molecule has 0 spiro atoms. The molecular formula is C16H15N3O2S. The predicted molar refractivity (Wildman–Crippen MR) is 87.8 cm³/mol. The fourth-order valence-corrected chi connectivity index (χ4v) is 3.16. The number of aromatic nitrogens is 2. The topological polar surface area (TPSA) is 56.5 Å². The second-order valence-electron chi connectivity index (χ2n) is 4.60. The summed E-state index contributed by atoms with van der Waals surface area (Å²) in [4.78, 5) is 22.7. The summed E-state index contributed by atoms with van der Waals surface area (Å²) in [5.41, 5.74) is 0.713. The second-order valence-corrected chi connectivity index (χ2v) is 5.56. The maximum Gasteiger partial charge on any atom is 0.263 e. The lowest BCUT2D eigenvalue weighted by Crippen LogP contribution is -2.31. The molecule has 0 aliphatic carbocycles. The molecule has 0 radical (unpaired) electrons. The van der Waals surface area contributed by atoms with Crippen molar-refractivity contribution in [1.82, 2.24) is 9.55 Å². The van der Waals surface area contributed by atoms with Gasteiger partial charge in [-0.1, -0.05) is 11.3 Å². The van der Waals surface area contributed by atoms with E-state index in [0.717, 1.165) is 11.4 Å². The third-order valence-electron chi connectivity index (χ3n) is 3.28. The van der Waals surface area contributed by atoms with Crippen LogP contribution in [0.3, 0.4) is 0 Å². The van der Waals surface area contributed by atoms with E-state index in [1.807, 2.05) is 31.2 Å². The molecule has 0 aliphatic heterocycles. The highest BCUT2D eigenvalue weighted by Gasteiger charge is 2.06. The van der Waals surface area contributed by atoms with E-state index in [0.29, 0.717) is 21.6 Å². The van der Waals surface area contributed by atoms with Crippen molar-refractivity contribution >= 4 is 27.2 Å². The van der Waals surface area contributed by atoms with Gasteiger partial charge in [0, 0.05) is 12.7 Å². The molecule has 112 valence electrons. The van der Waals surface area contributed by atoms with Crippen molar-refractivity contribution in [3.63, 3.8) is 0 Å². The maximum absolute atomic E-state index is 12.5. The smallest absolute Gasteiger partial charge is 0.263 e. The average molecular weight is 313 g/mol. The summed E-state index contributed by atoms with van der Waals surface area (Å²) in [5.74, 6) is 0.774. The van der Waals surface area contributed by atoms with E-state index in [-0.39, 0.29) is 5.56 Å². The van der Waals surface area contributed by atoms with Crippen LogP contribution in [0.15, 0.2) is 52.4 Å². The van der Waals surface area contributed by atoms with Crippen molar-refractivity contribution in [3.8, 4) is 5.75 Å². The lowest BCUT2D eigenvalue weighted by atomic mass is 10.3. The van der Waals surface area contributed by atoms with Crippen LogP contribution in [0.1, 0.15) is 6.92 Å². The fraction of sp³-hybridized carbons (Fsp3) is 0.188. The van der Waals surface area contributed by atoms with Gasteiger partial charge in [-0.15, -0.1) is 0 Å². The number of fused-ring (bicyclic) bond motifs is 1. The monoisotopic (exact) mass is 313 g/mol. The Morgan fingerprint density at radius 1 is 1.27 bits per heavy atom. The van der Waals surface area contributed by atoms with E-state index in [2.05, 4.69) is 9.98 Å². The molecule has 0 atom stereocenters. The van der Waals surface area contributed by atoms with Crippen molar-refractivity contribution in [1.29, 1.82) is 0 Å². The summed E-state index contributed by atoms with van der Waals surface area (Å²) in [6.07, 6.45) is 1.69. The van der Waals surface area contributed by atoms with E-state index in [1.54, 1.807) is 30.0 Å². The molecule has 5 nitrogen and oxygen atoms in total. The minimum absolute atomic E-state index is 0.0587. The Bertz CT molecular complexity index is 927. The largest absolute Gasteiger partial charge is 0.497 e. The van der Waals surface area contributed by atoms with Crippen LogP contribution >= 0.6 is 11.3 Å². The van der Waals surface area contributed by atoms with Crippen LogP contribution in [-0.4, -0.2) is 16.7 Å². The summed E-state index contributed by atoms with van der Waals surface area (Å²) in [7, 11) is 1.62. The Morgan fingerprint density at radius 2 is 2.05 bits per heavy atom. The number of hydrogen-bond acceptors (Lipinski definition) is 5. The molecule has 2 heterocycles. The summed E-state index contributed by atoms with van der Waals surface area (Å²) in [5, 5.41) is 0.628. The van der Waals surface area contributed by atoms with Gasteiger partial charge in [0.1, 0.15) is 10.6 Å². The second kappa shape index (κ2) is 6.11. The Labute approximate surface area is 131 Å². The van der Waals surface area contributed by atoms with Gasteiger partial charge in [-0.2, -0.15) is 0 Å². The van der Waals surface area contributed by atoms with Crippen LogP contribution in [0, 0.1) is 0 Å². The van der Waals surface area contributed by atoms with Gasteiger partial charge in [-0.05, 0) is 43.3 Å². The molecule has 2 aromatic heterocycles. The van der Waals surface area contributed by atoms with E-state index in [1.165, 1.54) is 11.3 Å². The molecule has 0 unspecified atom stereocenters. The summed E-state index contributed by atoms with van der Waals surface area (Å²) in [6.45, 7) is 2.50. The van der Waals surface area contributed by atoms with Gasteiger partial charge in [-0.25, -0.2) is 9.98 Å². The van der Waals surface area contributed by atoms with Crippen molar-refractivity contribution < 1.29 is 4.74 Å². The Morgan fingerprint density at radius 3 is 2.73 bits per heavy atom. The first-order valence-electron chi connectivity index (χ1n) is 6.90. The van der Waals surface area contributed by atoms with Gasteiger partial charge in [0.15, 0.2) is 4.80 Å². The Kier molecular flexibility index (Phi) is 4.02. The third-order valence-corrected chi connectivity index (χ3v) is 4.29. The molecule has 22 heavy (non-hydrogen) atoms. The third kappa shape index (κ3) is 2.65. The van der Waals surface area contributed by atoms with Crippen LogP contribution in [0.5, 0.6) is 5.75 Å². The minimum Gasteiger partial charge on any atom is -0.497 e. The highest BCUT2D eigenvalue weighted by atomic mass is 32.1. The van der Waals surface area contributed by atoms with Crippen molar-refractivity contribution in [3.05, 3.63) is 57.8 Å². The molecule has 3 aromatic rings. The average Bonchev–Trinajstić information content (AvgIpc) is 2.56. The number of rotatable bonds is 3. The van der Waals surface area contributed by atoms with Crippen LogP contribution < -0.4 is 15.1 Å². The molecule has 0 saturated heterocycles. The van der Waals surface area contributed by atoms with Crippen molar-refractivity contribution in [2.75, 3.05) is 7.11 Å². The van der Waals surface area contributed by atoms with E-state index < -0.39 is 0 Å². The van der Waals surface area contributed by atoms with E-state index in [4.69, 9.17) is 4.74 Å². The first kappa shape index (κ1) is 14.5. The Hall–Kier alpha value is -2.47. The fourth-order valence-electron chi connectivity index (χ4n) is 2.14. The first-order chi connectivity index (χ1) is 10.7. The zero-order valence-electron chi connectivity index (χ0n) is 12.3. The molecular weight excluding hydrogens is 298 g/mol. The van der Waals surface area contributed by atoms with Crippen LogP contribution in [0.4, 0.5) is 5.69 Å². The standard InChI is InChI=1S/C16H15N3O2S/c1-3-19-15(20)13-5-4-10-17-14(13)22-16(19)18-11-6-8-12(21-2)9-7-11/h4-10H,3H2,1-2H3. The minimum atomic E-state index is -0.0587. The maximum atomic E-state index is 12.5. The first-order valence-corrected chi connectivity index (χ1v) is 7.72. The van der Waals surface area contributed by atoms with Crippen LogP contribution in [0.2, 0.25) is 0 Å². The van der Waals surface area contributed by atoms with Crippen molar-refractivity contribution in [2.45, 2.75) is 13.5 Å². The van der Waals surface area contributed by atoms with Crippen LogP contribution in [0.25, 0.3) is 10.2 Å². The van der Waals surface area contributed by atoms with Crippen molar-refractivity contribution in [2.24, 2.45) is 4.99 Å². The summed E-state index contributed by atoms with van der Waals surface area (Å²) in [6, 6.07) is 11.0. The van der Waals surface area contributed by atoms with Gasteiger partial charge in [0.25, 0.3) is 5.56 Å². The predicted octanol–water partition coefficient (Wildman–Crippen LogP) is 2.72. The Balaban J connectivity index is 2.24. The van der Waals surface area contributed by atoms with Gasteiger partial charge in [-0.3, -0.25) is 9.36 Å². The molecule has 0 aliphatic rings. The lowest BCUT2D eigenvalue weighted by Gasteiger charge is -2.05. The molecule has 6 heteroatoms. The zero-order valence-corrected chi connectivity index (χ0v) is 13.1. The number of hydrogen-bond donors (Lipinski definition) is 0. The van der Waals surface area contributed by atoms with E-state index in [9.17, 15) is 4.79 Å². The van der Waals surface area contributed by atoms with Gasteiger partial charge in [0.05, 0.1) is 18.2 Å². The highest BCUT2D eigenvalue weighted by molar-refractivity contribution is 7.15. The molecule has 0 N–H and O–H groups in total. The summed E-state index contributed by atoms with van der Waals surface area (Å²) < 4.78 is 6.80. The normalized spacial score (nSPS) is 11.8. The molecule has 0 saturated carbocycles. The number of pyridine rings is 1. The number of benzene rings is 1. The van der Waals surface area contributed by atoms with Gasteiger partial charge < -0.3 is 4.74 Å². The summed E-state index contributed by atoms with van der Waals surface area (Å²) >= 11 is 1.41. The molecule has 3 rings (SSSR count). The molecule has 0 fully saturated rings. The number of nitrogens with zero attached hydrogens (tertiary/aromatic N) is 3. The van der Waals surface area contributed by atoms with Gasteiger partial charge >= 0.3 is 0 Å². The van der Waals surface area contributed by atoms with E-state index >= 15 is 0 Å². The lowest BCUT2D eigenvalue weighted by molar-refractivity contribution is 0.415. The SMILES string of the molecule is CCn1c(=Nc2ccc(OC)cc2)sc2ncccc2c1=O. The van der Waals surface area contributed by atoms with Crippen LogP contribution in [-0.2, 0) is 6.54 Å². The zero-order chi connectivity index (χ0) is 15.5. The highest BCUT2D eigenvalue weighted by Crippen LogP contribution is 2.17.